The Kier molecular flexibility index (Phi) is 6.89. The summed E-state index contributed by atoms with van der Waals surface area (Å²) in [6.45, 7) is 3.78. The number of imidazole rings is 1. The molecule has 0 bridgehead atoms. The van der Waals surface area contributed by atoms with Crippen molar-refractivity contribution in [1.82, 2.24) is 14.9 Å². The fourth-order valence-corrected chi connectivity index (χ4v) is 3.11. The van der Waals surface area contributed by atoms with Crippen LogP contribution in [0.15, 0.2) is 48.5 Å². The minimum atomic E-state index is 0.0578. The molecule has 1 amide bonds. The van der Waals surface area contributed by atoms with E-state index in [1.165, 1.54) is 0 Å². The molecule has 3 rings (SSSR count). The number of hydrogen-bond donors (Lipinski definition) is 1. The standard InChI is InChI=1S/C22H27N3O3/c1-3-8-22(26)23-16-21-24-19-11-4-5-12-20(19)25(21)13-7-14-28-18-10-6-9-17(15-18)27-2/h4-6,9-12,15H,3,7-8,13-14,16H2,1-2H3,(H,23,26). The van der Waals surface area contributed by atoms with Crippen molar-refractivity contribution in [2.75, 3.05) is 13.7 Å². The molecule has 0 saturated carbocycles. The fourth-order valence-electron chi connectivity index (χ4n) is 3.11. The third-order valence-electron chi connectivity index (χ3n) is 4.49. The van der Waals surface area contributed by atoms with Gasteiger partial charge in [0.1, 0.15) is 17.3 Å². The number of para-hydroxylation sites is 2. The summed E-state index contributed by atoms with van der Waals surface area (Å²) >= 11 is 0. The minimum absolute atomic E-state index is 0.0578. The molecular formula is C22H27N3O3. The molecular weight excluding hydrogens is 354 g/mol. The number of hydrogen-bond acceptors (Lipinski definition) is 4. The molecule has 6 heteroatoms. The molecule has 0 saturated heterocycles. The number of carbonyl (C=O) groups excluding carboxylic acids is 1. The lowest BCUT2D eigenvalue weighted by atomic mass is 10.3. The van der Waals surface area contributed by atoms with Gasteiger partial charge in [0.05, 0.1) is 31.3 Å². The summed E-state index contributed by atoms with van der Waals surface area (Å²) < 4.78 is 13.2. The van der Waals surface area contributed by atoms with Gasteiger partial charge in [-0.05, 0) is 37.1 Å². The van der Waals surface area contributed by atoms with Gasteiger partial charge < -0.3 is 19.4 Å². The first kappa shape index (κ1) is 19.7. The molecule has 28 heavy (non-hydrogen) atoms. The smallest absolute Gasteiger partial charge is 0.220 e. The maximum atomic E-state index is 11.8. The number of nitrogens with one attached hydrogen (secondary N) is 1. The van der Waals surface area contributed by atoms with Gasteiger partial charge in [-0.2, -0.15) is 0 Å². The summed E-state index contributed by atoms with van der Waals surface area (Å²) in [5.41, 5.74) is 2.01. The third-order valence-corrected chi connectivity index (χ3v) is 4.49. The second-order valence-electron chi connectivity index (χ2n) is 6.58. The summed E-state index contributed by atoms with van der Waals surface area (Å²) in [6, 6.07) is 15.6. The van der Waals surface area contributed by atoms with Gasteiger partial charge >= 0.3 is 0 Å². The first-order valence-corrected chi connectivity index (χ1v) is 9.69. The Bertz CT molecular complexity index is 920. The number of amides is 1. The van der Waals surface area contributed by atoms with Crippen molar-refractivity contribution in [2.45, 2.75) is 39.3 Å². The molecule has 0 aliphatic heterocycles. The zero-order valence-corrected chi connectivity index (χ0v) is 16.5. The number of rotatable bonds is 10. The second-order valence-corrected chi connectivity index (χ2v) is 6.58. The zero-order valence-electron chi connectivity index (χ0n) is 16.5. The molecule has 0 spiro atoms. The highest BCUT2D eigenvalue weighted by molar-refractivity contribution is 5.77. The van der Waals surface area contributed by atoms with E-state index in [0.29, 0.717) is 19.6 Å². The van der Waals surface area contributed by atoms with E-state index in [0.717, 1.165) is 47.7 Å². The average Bonchev–Trinajstić information content (AvgIpc) is 3.07. The van der Waals surface area contributed by atoms with Crippen molar-refractivity contribution in [1.29, 1.82) is 0 Å². The van der Waals surface area contributed by atoms with Crippen LogP contribution >= 0.6 is 0 Å². The van der Waals surface area contributed by atoms with Crippen LogP contribution in [0.25, 0.3) is 11.0 Å². The Hall–Kier alpha value is -3.02. The summed E-state index contributed by atoms with van der Waals surface area (Å²) in [7, 11) is 1.64. The Labute approximate surface area is 165 Å². The van der Waals surface area contributed by atoms with Crippen LogP contribution in [-0.4, -0.2) is 29.2 Å². The van der Waals surface area contributed by atoms with Gasteiger partial charge in [-0.1, -0.05) is 25.1 Å². The molecule has 0 unspecified atom stereocenters. The van der Waals surface area contributed by atoms with Crippen LogP contribution < -0.4 is 14.8 Å². The van der Waals surface area contributed by atoms with Crippen LogP contribution in [0.2, 0.25) is 0 Å². The van der Waals surface area contributed by atoms with Crippen LogP contribution in [-0.2, 0) is 17.9 Å². The molecule has 0 atom stereocenters. The van der Waals surface area contributed by atoms with Gasteiger partial charge in [0.2, 0.25) is 5.91 Å². The number of carbonyl (C=O) groups is 1. The second kappa shape index (κ2) is 9.78. The lowest BCUT2D eigenvalue weighted by Crippen LogP contribution is -2.24. The van der Waals surface area contributed by atoms with Crippen molar-refractivity contribution in [3.05, 3.63) is 54.4 Å². The van der Waals surface area contributed by atoms with Crippen LogP contribution in [0.4, 0.5) is 0 Å². The number of aryl methyl sites for hydroxylation is 1. The predicted molar refractivity (Wildman–Crippen MR) is 110 cm³/mol. The molecule has 1 N–H and O–H groups in total. The van der Waals surface area contributed by atoms with Crippen molar-refractivity contribution in [3.8, 4) is 11.5 Å². The first-order valence-electron chi connectivity index (χ1n) is 9.69. The predicted octanol–water partition coefficient (Wildman–Crippen LogP) is 3.93. The number of benzene rings is 2. The van der Waals surface area contributed by atoms with E-state index in [1.54, 1.807) is 7.11 Å². The minimum Gasteiger partial charge on any atom is -0.497 e. The Morgan fingerprint density at radius 1 is 1.14 bits per heavy atom. The Balaban J connectivity index is 1.63. The molecule has 1 heterocycles. The lowest BCUT2D eigenvalue weighted by molar-refractivity contribution is -0.121. The van der Waals surface area contributed by atoms with Gasteiger partial charge in [0, 0.05) is 19.0 Å². The fraction of sp³-hybridized carbons (Fsp3) is 0.364. The maximum absolute atomic E-state index is 11.8. The molecule has 0 aliphatic rings. The van der Waals surface area contributed by atoms with E-state index < -0.39 is 0 Å². The topological polar surface area (TPSA) is 65.4 Å². The normalized spacial score (nSPS) is 10.8. The lowest BCUT2D eigenvalue weighted by Gasteiger charge is -2.11. The van der Waals surface area contributed by atoms with Gasteiger partial charge in [-0.25, -0.2) is 4.98 Å². The maximum Gasteiger partial charge on any atom is 0.220 e. The van der Waals surface area contributed by atoms with Gasteiger partial charge in [-0.3, -0.25) is 4.79 Å². The largest absolute Gasteiger partial charge is 0.497 e. The van der Waals surface area contributed by atoms with E-state index in [1.807, 2.05) is 49.4 Å². The molecule has 6 nitrogen and oxygen atoms in total. The number of ether oxygens (including phenoxy) is 2. The van der Waals surface area contributed by atoms with E-state index in [2.05, 4.69) is 16.0 Å². The zero-order chi connectivity index (χ0) is 19.8. The number of fused-ring (bicyclic) bond motifs is 1. The van der Waals surface area contributed by atoms with Crippen molar-refractivity contribution >= 4 is 16.9 Å². The Morgan fingerprint density at radius 2 is 1.96 bits per heavy atom. The van der Waals surface area contributed by atoms with Gasteiger partial charge in [-0.15, -0.1) is 0 Å². The molecule has 0 aliphatic carbocycles. The summed E-state index contributed by atoms with van der Waals surface area (Å²) in [6.07, 6.45) is 2.20. The van der Waals surface area contributed by atoms with E-state index in [4.69, 9.17) is 14.5 Å². The highest BCUT2D eigenvalue weighted by Gasteiger charge is 2.11. The van der Waals surface area contributed by atoms with E-state index in [-0.39, 0.29) is 5.91 Å². The Morgan fingerprint density at radius 3 is 2.79 bits per heavy atom. The highest BCUT2D eigenvalue weighted by Crippen LogP contribution is 2.20. The average molecular weight is 381 g/mol. The first-order chi connectivity index (χ1) is 13.7. The van der Waals surface area contributed by atoms with Crippen molar-refractivity contribution in [3.63, 3.8) is 0 Å². The third kappa shape index (κ3) is 5.03. The van der Waals surface area contributed by atoms with Crippen LogP contribution in [0, 0.1) is 0 Å². The van der Waals surface area contributed by atoms with Crippen molar-refractivity contribution in [2.24, 2.45) is 0 Å². The summed E-state index contributed by atoms with van der Waals surface area (Å²) in [5.74, 6) is 2.50. The number of nitrogens with zero attached hydrogens (tertiary/aromatic N) is 2. The molecule has 1 aromatic heterocycles. The molecule has 2 aromatic carbocycles. The monoisotopic (exact) mass is 381 g/mol. The molecule has 0 radical (unpaired) electrons. The SMILES string of the molecule is CCCC(=O)NCc1nc2ccccc2n1CCCOc1cccc(OC)c1. The molecule has 0 fully saturated rings. The van der Waals surface area contributed by atoms with Crippen LogP contribution in [0.5, 0.6) is 11.5 Å². The summed E-state index contributed by atoms with van der Waals surface area (Å²) in [5, 5.41) is 2.96. The summed E-state index contributed by atoms with van der Waals surface area (Å²) in [4.78, 5) is 16.5. The highest BCUT2D eigenvalue weighted by atomic mass is 16.5. The van der Waals surface area contributed by atoms with E-state index >= 15 is 0 Å². The molecule has 148 valence electrons. The van der Waals surface area contributed by atoms with E-state index in [9.17, 15) is 4.79 Å². The van der Waals surface area contributed by atoms with Crippen LogP contribution in [0.3, 0.4) is 0 Å². The van der Waals surface area contributed by atoms with Gasteiger partial charge in [0.25, 0.3) is 0 Å². The van der Waals surface area contributed by atoms with Crippen LogP contribution in [0.1, 0.15) is 32.0 Å². The van der Waals surface area contributed by atoms with Gasteiger partial charge in [0.15, 0.2) is 0 Å². The quantitative estimate of drug-likeness (QED) is 0.541. The number of methoxy groups -OCH3 is 1. The number of aromatic nitrogens is 2. The van der Waals surface area contributed by atoms with Crippen molar-refractivity contribution < 1.29 is 14.3 Å². The molecule has 3 aromatic rings.